The topological polar surface area (TPSA) is 86.3 Å². The zero-order valence-corrected chi connectivity index (χ0v) is 13.2. The number of nitrogens with zero attached hydrogens (tertiary/aromatic N) is 4. The van der Waals surface area contributed by atoms with E-state index in [4.69, 9.17) is 10.6 Å². The van der Waals surface area contributed by atoms with E-state index in [1.165, 1.54) is 16.4 Å². The first-order valence-corrected chi connectivity index (χ1v) is 8.29. The van der Waals surface area contributed by atoms with Crippen LogP contribution in [0, 0.1) is 0 Å². The normalized spacial score (nSPS) is 26.1. The first-order valence-electron chi connectivity index (χ1n) is 7.31. The Morgan fingerprint density at radius 3 is 2.62 bits per heavy atom. The van der Waals surface area contributed by atoms with Crippen LogP contribution in [0.4, 0.5) is 0 Å². The molecule has 1 aromatic heterocycles. The molecule has 1 aliphatic carbocycles. The molecule has 2 aliphatic rings. The summed E-state index contributed by atoms with van der Waals surface area (Å²) >= 11 is 1.35. The molecule has 7 nitrogen and oxygen atoms in total. The smallest absolute Gasteiger partial charge is 0.233 e. The number of morpholine rings is 1. The van der Waals surface area contributed by atoms with E-state index in [2.05, 4.69) is 10.2 Å². The molecule has 1 aliphatic heterocycles. The maximum Gasteiger partial charge on any atom is 0.233 e. The van der Waals surface area contributed by atoms with E-state index in [-0.39, 0.29) is 18.1 Å². The third-order valence-corrected chi connectivity index (χ3v) is 4.66. The number of rotatable bonds is 4. The second-order valence-corrected chi connectivity index (χ2v) is 6.77. The third-order valence-electron chi connectivity index (χ3n) is 3.73. The fraction of sp³-hybridized carbons (Fsp3) is 0.769. The average Bonchev–Trinajstić information content (AvgIpc) is 3.20. The van der Waals surface area contributed by atoms with Crippen LogP contribution in [0.3, 0.4) is 0 Å². The molecule has 0 spiro atoms. The summed E-state index contributed by atoms with van der Waals surface area (Å²) in [6, 6.07) is 0. The Balaban J connectivity index is 1.55. The minimum Gasteiger partial charge on any atom is -0.372 e. The van der Waals surface area contributed by atoms with Crippen molar-refractivity contribution in [1.82, 2.24) is 19.8 Å². The van der Waals surface area contributed by atoms with Crippen LogP contribution in [0.5, 0.6) is 0 Å². The predicted molar refractivity (Wildman–Crippen MR) is 79.5 cm³/mol. The number of amides is 1. The van der Waals surface area contributed by atoms with Crippen molar-refractivity contribution in [3.05, 3.63) is 5.82 Å². The summed E-state index contributed by atoms with van der Waals surface area (Å²) in [5.41, 5.74) is 0. The first-order chi connectivity index (χ1) is 10.0. The molecule has 2 heterocycles. The third kappa shape index (κ3) is 3.32. The van der Waals surface area contributed by atoms with Crippen LogP contribution in [-0.2, 0) is 9.53 Å². The monoisotopic (exact) mass is 311 g/mol. The van der Waals surface area contributed by atoms with E-state index >= 15 is 0 Å². The summed E-state index contributed by atoms with van der Waals surface area (Å²) in [6.45, 7) is 5.27. The number of aromatic nitrogens is 3. The number of carbonyl (C=O) groups excluding carboxylic acids is 1. The van der Waals surface area contributed by atoms with Gasteiger partial charge in [-0.05, 0) is 26.7 Å². The van der Waals surface area contributed by atoms with E-state index in [9.17, 15) is 4.79 Å². The zero-order valence-electron chi connectivity index (χ0n) is 12.4. The van der Waals surface area contributed by atoms with Crippen molar-refractivity contribution in [3.8, 4) is 0 Å². The Kier molecular flexibility index (Phi) is 4.08. The van der Waals surface area contributed by atoms with Crippen LogP contribution < -0.4 is 5.84 Å². The number of carbonyl (C=O) groups is 1. The average molecular weight is 311 g/mol. The molecule has 1 saturated heterocycles. The molecule has 8 heteroatoms. The second kappa shape index (κ2) is 5.84. The quantitative estimate of drug-likeness (QED) is 0.647. The van der Waals surface area contributed by atoms with Gasteiger partial charge in [-0.3, -0.25) is 4.79 Å². The van der Waals surface area contributed by atoms with E-state index in [0.29, 0.717) is 29.9 Å². The number of thioether (sulfide) groups is 1. The molecule has 2 N–H and O–H groups in total. The molecule has 3 rings (SSSR count). The van der Waals surface area contributed by atoms with E-state index in [0.717, 1.165) is 18.7 Å². The summed E-state index contributed by atoms with van der Waals surface area (Å²) < 4.78 is 7.17. The van der Waals surface area contributed by atoms with Crippen molar-refractivity contribution >= 4 is 17.7 Å². The molecule has 0 aromatic carbocycles. The van der Waals surface area contributed by atoms with Gasteiger partial charge in [0.05, 0.1) is 18.0 Å². The Bertz CT molecular complexity index is 521. The summed E-state index contributed by atoms with van der Waals surface area (Å²) in [5.74, 6) is 7.69. The van der Waals surface area contributed by atoms with Gasteiger partial charge in [0, 0.05) is 19.0 Å². The van der Waals surface area contributed by atoms with Crippen molar-refractivity contribution in [2.45, 2.75) is 50.0 Å². The summed E-state index contributed by atoms with van der Waals surface area (Å²) in [4.78, 5) is 14.1. The van der Waals surface area contributed by atoms with Gasteiger partial charge in [-0.15, -0.1) is 10.2 Å². The Morgan fingerprint density at radius 1 is 1.33 bits per heavy atom. The predicted octanol–water partition coefficient (Wildman–Crippen LogP) is 0.597. The van der Waals surface area contributed by atoms with Crippen LogP contribution in [-0.4, -0.2) is 56.7 Å². The van der Waals surface area contributed by atoms with Gasteiger partial charge in [0.2, 0.25) is 11.1 Å². The van der Waals surface area contributed by atoms with Gasteiger partial charge in [0.15, 0.2) is 5.82 Å². The Morgan fingerprint density at radius 2 is 2.00 bits per heavy atom. The lowest BCUT2D eigenvalue weighted by atomic mass is 10.2. The zero-order chi connectivity index (χ0) is 15.0. The lowest BCUT2D eigenvalue weighted by Crippen LogP contribution is -2.48. The number of nitrogen functional groups attached to an aromatic ring is 1. The molecule has 0 bridgehead atoms. The minimum absolute atomic E-state index is 0.0855. The van der Waals surface area contributed by atoms with Crippen molar-refractivity contribution in [3.63, 3.8) is 0 Å². The fourth-order valence-corrected chi connectivity index (χ4v) is 3.37. The summed E-state index contributed by atoms with van der Waals surface area (Å²) in [5, 5.41) is 8.80. The molecule has 2 atom stereocenters. The fourth-order valence-electron chi connectivity index (χ4n) is 2.61. The Labute approximate surface area is 128 Å². The van der Waals surface area contributed by atoms with E-state index in [1.807, 2.05) is 18.7 Å². The van der Waals surface area contributed by atoms with E-state index < -0.39 is 0 Å². The molecular weight excluding hydrogens is 290 g/mol. The minimum atomic E-state index is 0.0855. The van der Waals surface area contributed by atoms with Crippen LogP contribution >= 0.6 is 11.8 Å². The van der Waals surface area contributed by atoms with Gasteiger partial charge in [0.25, 0.3) is 0 Å². The molecule has 1 saturated carbocycles. The maximum atomic E-state index is 12.3. The molecule has 1 aromatic rings. The van der Waals surface area contributed by atoms with Crippen molar-refractivity contribution in [2.24, 2.45) is 0 Å². The number of ether oxygens (including phenoxy) is 1. The summed E-state index contributed by atoms with van der Waals surface area (Å²) in [7, 11) is 0. The largest absolute Gasteiger partial charge is 0.372 e. The highest BCUT2D eigenvalue weighted by molar-refractivity contribution is 7.99. The standard InChI is InChI=1S/C13H21N5O2S/c1-8-5-17(6-9(2)20-8)11(19)7-21-13-16-15-12(18(13)14)10-3-4-10/h8-10H,3-7,14H2,1-2H3/t8-,9+. The van der Waals surface area contributed by atoms with Gasteiger partial charge >= 0.3 is 0 Å². The van der Waals surface area contributed by atoms with Gasteiger partial charge in [0.1, 0.15) is 0 Å². The number of hydrogen-bond donors (Lipinski definition) is 1. The molecular formula is C13H21N5O2S. The molecule has 21 heavy (non-hydrogen) atoms. The van der Waals surface area contributed by atoms with Gasteiger partial charge in [-0.2, -0.15) is 0 Å². The van der Waals surface area contributed by atoms with Crippen LogP contribution in [0.1, 0.15) is 38.4 Å². The highest BCUT2D eigenvalue weighted by atomic mass is 32.2. The van der Waals surface area contributed by atoms with Crippen molar-refractivity contribution in [1.29, 1.82) is 0 Å². The number of hydrogen-bond acceptors (Lipinski definition) is 6. The molecule has 116 valence electrons. The SMILES string of the molecule is C[C@@H]1CN(C(=O)CSc2nnc(C3CC3)n2N)C[C@H](C)O1. The van der Waals surface area contributed by atoms with Crippen molar-refractivity contribution < 1.29 is 9.53 Å². The van der Waals surface area contributed by atoms with Crippen LogP contribution in [0.2, 0.25) is 0 Å². The highest BCUT2D eigenvalue weighted by Gasteiger charge is 2.30. The first kappa shape index (κ1) is 14.6. The molecule has 0 unspecified atom stereocenters. The molecule has 1 amide bonds. The second-order valence-electron chi connectivity index (χ2n) is 5.83. The van der Waals surface area contributed by atoms with Crippen LogP contribution in [0.25, 0.3) is 0 Å². The highest BCUT2D eigenvalue weighted by Crippen LogP contribution is 2.39. The summed E-state index contributed by atoms with van der Waals surface area (Å²) in [6.07, 6.45) is 2.43. The molecule has 0 radical (unpaired) electrons. The van der Waals surface area contributed by atoms with Gasteiger partial charge < -0.3 is 15.5 Å². The van der Waals surface area contributed by atoms with E-state index in [1.54, 1.807) is 0 Å². The number of nitrogens with two attached hydrogens (primary N) is 1. The maximum absolute atomic E-state index is 12.3. The van der Waals surface area contributed by atoms with Gasteiger partial charge in [-0.1, -0.05) is 11.8 Å². The molecule has 2 fully saturated rings. The van der Waals surface area contributed by atoms with Gasteiger partial charge in [-0.25, -0.2) is 4.68 Å². The Hall–Kier alpha value is -1.28. The van der Waals surface area contributed by atoms with Crippen molar-refractivity contribution in [2.75, 3.05) is 24.7 Å². The lowest BCUT2D eigenvalue weighted by molar-refractivity contribution is -0.140. The van der Waals surface area contributed by atoms with Crippen LogP contribution in [0.15, 0.2) is 5.16 Å². The lowest BCUT2D eigenvalue weighted by Gasteiger charge is -2.35.